The molecule has 4 nitrogen and oxygen atoms in total. The van der Waals surface area contributed by atoms with E-state index in [9.17, 15) is 10.1 Å². The highest BCUT2D eigenvalue weighted by atomic mass is 16.5. The molecule has 0 aromatic rings. The first-order valence-electron chi connectivity index (χ1n) is 9.56. The number of nitriles is 1. The minimum Gasteiger partial charge on any atom is -0.465 e. The largest absolute Gasteiger partial charge is 0.465 e. The van der Waals surface area contributed by atoms with E-state index in [0.29, 0.717) is 11.3 Å². The predicted molar refractivity (Wildman–Crippen MR) is 111 cm³/mol. The molecule has 0 amide bonds. The lowest BCUT2D eigenvalue weighted by Gasteiger charge is -2.32. The van der Waals surface area contributed by atoms with Crippen molar-refractivity contribution in [2.24, 2.45) is 16.2 Å². The van der Waals surface area contributed by atoms with E-state index in [1.54, 1.807) is 6.08 Å². The van der Waals surface area contributed by atoms with Gasteiger partial charge in [0.15, 0.2) is 0 Å². The number of carbonyl (C=O) groups excluding carboxylic acids is 1. The van der Waals surface area contributed by atoms with Gasteiger partial charge in [-0.05, 0) is 29.2 Å². The maximum atomic E-state index is 12.1. The van der Waals surface area contributed by atoms with Crippen LogP contribution in [0.1, 0.15) is 62.3 Å². The van der Waals surface area contributed by atoms with E-state index in [-0.39, 0.29) is 21.8 Å². The fourth-order valence-electron chi connectivity index (χ4n) is 2.92. The molecule has 0 radical (unpaired) electrons. The molecular weight excluding hydrogens is 350 g/mol. The van der Waals surface area contributed by atoms with Gasteiger partial charge < -0.3 is 9.47 Å². The Morgan fingerprint density at radius 2 is 1.32 bits per heavy atom. The molecule has 4 heteroatoms. The summed E-state index contributed by atoms with van der Waals surface area (Å²) >= 11 is 0. The van der Waals surface area contributed by atoms with Crippen molar-refractivity contribution < 1.29 is 14.3 Å². The van der Waals surface area contributed by atoms with Gasteiger partial charge in [0.25, 0.3) is 0 Å². The van der Waals surface area contributed by atoms with Gasteiger partial charge in [-0.15, -0.1) is 0 Å². The van der Waals surface area contributed by atoms with Gasteiger partial charge in [-0.2, -0.15) is 5.26 Å². The Labute approximate surface area is 168 Å². The van der Waals surface area contributed by atoms with Crippen LogP contribution in [0.5, 0.6) is 0 Å². The number of hydrogen-bond acceptors (Lipinski definition) is 4. The van der Waals surface area contributed by atoms with Crippen LogP contribution in [-0.2, 0) is 14.3 Å². The number of nitrogens with zero attached hydrogens (tertiary/aromatic N) is 1. The van der Waals surface area contributed by atoms with E-state index < -0.39 is 5.97 Å². The smallest absolute Gasteiger partial charge is 0.354 e. The lowest BCUT2D eigenvalue weighted by molar-refractivity contribution is -0.132. The van der Waals surface area contributed by atoms with Crippen LogP contribution in [0, 0.1) is 27.6 Å². The normalized spacial score (nSPS) is 19.8. The third-order valence-corrected chi connectivity index (χ3v) is 4.49. The van der Waals surface area contributed by atoms with Gasteiger partial charge in [0.05, 0.1) is 0 Å². The Balaban J connectivity index is 2.56. The second-order valence-electron chi connectivity index (χ2n) is 10.3. The summed E-state index contributed by atoms with van der Waals surface area (Å²) in [7, 11) is 0. The zero-order valence-electron chi connectivity index (χ0n) is 18.5. The summed E-state index contributed by atoms with van der Waals surface area (Å²) in [5, 5.41) is 9.37. The molecule has 0 aromatic heterocycles. The van der Waals surface area contributed by atoms with Crippen LogP contribution in [0.15, 0.2) is 58.3 Å². The maximum Gasteiger partial charge on any atom is 0.354 e. The number of carbonyl (C=O) groups is 1. The summed E-state index contributed by atoms with van der Waals surface area (Å²) in [6, 6.07) is 1.99. The average molecular weight is 382 g/mol. The van der Waals surface area contributed by atoms with E-state index in [0.717, 1.165) is 17.1 Å². The molecule has 2 aliphatic heterocycles. The molecule has 150 valence electrons. The van der Waals surface area contributed by atoms with E-state index in [1.165, 1.54) is 0 Å². The quantitative estimate of drug-likeness (QED) is 0.514. The topological polar surface area (TPSA) is 59.3 Å². The first kappa shape index (κ1) is 21.8. The van der Waals surface area contributed by atoms with Gasteiger partial charge in [-0.25, -0.2) is 4.79 Å². The lowest BCUT2D eigenvalue weighted by Crippen LogP contribution is -2.21. The molecule has 0 spiro atoms. The minimum atomic E-state index is -0.583. The number of allylic oxidation sites excluding steroid dienone is 8. The van der Waals surface area contributed by atoms with Crippen molar-refractivity contribution >= 4 is 5.97 Å². The van der Waals surface area contributed by atoms with Crippen molar-refractivity contribution in [2.75, 3.05) is 0 Å². The molecule has 2 aliphatic rings. The highest BCUT2D eigenvalue weighted by Crippen LogP contribution is 2.41. The van der Waals surface area contributed by atoms with Gasteiger partial charge in [0.1, 0.15) is 28.9 Å². The molecule has 0 unspecified atom stereocenters. The zero-order valence-corrected chi connectivity index (χ0v) is 18.5. The maximum absolute atomic E-state index is 12.1. The zero-order chi connectivity index (χ0) is 21.5. The summed E-state index contributed by atoms with van der Waals surface area (Å²) < 4.78 is 11.6. The first-order valence-corrected chi connectivity index (χ1v) is 9.56. The van der Waals surface area contributed by atoms with Gasteiger partial charge >= 0.3 is 5.97 Å². The van der Waals surface area contributed by atoms with Crippen molar-refractivity contribution in [3.63, 3.8) is 0 Å². The monoisotopic (exact) mass is 381 g/mol. The molecule has 0 bridgehead atoms. The standard InChI is InChI=1S/C24H31NO3/c1-22(2,3)18-12-15(13-19(28-18)23(4,5)6)10-11-17-20(24(7,8)9)16(14-25)21(26)27-17/h10-13H,1-9H3/b17-11-. The SMILES string of the molecule is CC(C)(C)C1=CC(=C/C=C2\OC(=O)C(C#N)=C2C(C)(C)C)C=C(C(C)(C)C)O1. The van der Waals surface area contributed by atoms with Gasteiger partial charge in [0, 0.05) is 16.4 Å². The van der Waals surface area contributed by atoms with Crippen molar-refractivity contribution in [1.82, 2.24) is 0 Å². The number of ether oxygens (including phenoxy) is 2. The molecule has 0 saturated heterocycles. The number of hydrogen-bond donors (Lipinski definition) is 0. The van der Waals surface area contributed by atoms with Crippen LogP contribution in [-0.4, -0.2) is 5.97 Å². The summed E-state index contributed by atoms with van der Waals surface area (Å²) in [5.74, 6) is 1.62. The lowest BCUT2D eigenvalue weighted by atomic mass is 9.83. The van der Waals surface area contributed by atoms with Crippen molar-refractivity contribution in [1.29, 1.82) is 5.26 Å². The van der Waals surface area contributed by atoms with E-state index >= 15 is 0 Å². The fourth-order valence-corrected chi connectivity index (χ4v) is 2.92. The predicted octanol–water partition coefficient (Wildman–Crippen LogP) is 6.11. The summed E-state index contributed by atoms with van der Waals surface area (Å²) in [6.07, 6.45) is 7.70. The van der Waals surface area contributed by atoms with Gasteiger partial charge in [-0.3, -0.25) is 0 Å². The molecule has 0 saturated carbocycles. The molecule has 0 aromatic carbocycles. The third kappa shape index (κ3) is 4.65. The Hall–Kier alpha value is -2.54. The number of esters is 1. The first-order chi connectivity index (χ1) is 12.6. The molecule has 2 heterocycles. The van der Waals surface area contributed by atoms with E-state index in [1.807, 2.05) is 45.1 Å². The van der Waals surface area contributed by atoms with Crippen molar-refractivity contribution in [3.8, 4) is 6.07 Å². The Morgan fingerprint density at radius 1 is 0.821 bits per heavy atom. The highest BCUT2D eigenvalue weighted by Gasteiger charge is 2.36. The molecular formula is C24H31NO3. The van der Waals surface area contributed by atoms with Crippen molar-refractivity contribution in [2.45, 2.75) is 62.3 Å². The molecule has 0 atom stereocenters. The number of cyclic esters (lactones) is 1. The van der Waals surface area contributed by atoms with E-state index in [4.69, 9.17) is 9.47 Å². The minimum absolute atomic E-state index is 0.0842. The number of rotatable bonds is 1. The average Bonchev–Trinajstić information content (AvgIpc) is 2.86. The van der Waals surface area contributed by atoms with Crippen LogP contribution in [0.2, 0.25) is 0 Å². The molecule has 0 N–H and O–H groups in total. The second kappa shape index (κ2) is 7.13. The van der Waals surface area contributed by atoms with Crippen LogP contribution in [0.4, 0.5) is 0 Å². The Kier molecular flexibility index (Phi) is 5.54. The van der Waals surface area contributed by atoms with Crippen LogP contribution < -0.4 is 0 Å². The van der Waals surface area contributed by atoms with Gasteiger partial charge in [0.2, 0.25) is 0 Å². The fraction of sp³-hybridized carbons (Fsp3) is 0.500. The summed E-state index contributed by atoms with van der Waals surface area (Å²) in [5.41, 5.74) is 1.03. The van der Waals surface area contributed by atoms with Crippen molar-refractivity contribution in [3.05, 3.63) is 58.3 Å². The van der Waals surface area contributed by atoms with Gasteiger partial charge in [-0.1, -0.05) is 68.4 Å². The Bertz CT molecular complexity index is 848. The van der Waals surface area contributed by atoms with Crippen LogP contribution in [0.3, 0.4) is 0 Å². The second-order valence-corrected chi connectivity index (χ2v) is 10.3. The molecule has 0 aliphatic carbocycles. The highest BCUT2D eigenvalue weighted by molar-refractivity contribution is 5.98. The van der Waals surface area contributed by atoms with Crippen LogP contribution in [0.25, 0.3) is 0 Å². The van der Waals surface area contributed by atoms with Crippen LogP contribution >= 0.6 is 0 Å². The van der Waals surface area contributed by atoms with E-state index in [2.05, 4.69) is 41.5 Å². The third-order valence-electron chi connectivity index (χ3n) is 4.49. The Morgan fingerprint density at radius 3 is 1.71 bits per heavy atom. The molecule has 28 heavy (non-hydrogen) atoms. The molecule has 0 fully saturated rings. The molecule has 2 rings (SSSR count). The summed E-state index contributed by atoms with van der Waals surface area (Å²) in [6.45, 7) is 18.6. The summed E-state index contributed by atoms with van der Waals surface area (Å²) in [4.78, 5) is 12.1.